The van der Waals surface area contributed by atoms with E-state index in [0.717, 1.165) is 47.3 Å². The SMILES string of the molecule is COc1ccc(/C=N/NC(=O)c2cccc(Br)c2)cc1CN1CCCc2ccccc21. The van der Waals surface area contributed by atoms with Crippen molar-refractivity contribution in [1.82, 2.24) is 5.43 Å². The van der Waals surface area contributed by atoms with E-state index in [1.54, 1.807) is 25.5 Å². The smallest absolute Gasteiger partial charge is 0.271 e. The van der Waals surface area contributed by atoms with E-state index in [-0.39, 0.29) is 5.91 Å². The standard InChI is InChI=1S/C25H24BrN3O2/c1-31-24-12-11-18(16-27-28-25(30)20-7-4-9-22(26)15-20)14-21(24)17-29-13-5-8-19-6-2-3-10-23(19)29/h2-4,6-7,9-12,14-16H,5,8,13,17H2,1H3,(H,28,30)/b27-16+. The summed E-state index contributed by atoms with van der Waals surface area (Å²) in [7, 11) is 1.69. The highest BCUT2D eigenvalue weighted by Gasteiger charge is 2.18. The zero-order valence-electron chi connectivity index (χ0n) is 17.3. The van der Waals surface area contributed by atoms with Crippen LogP contribution in [0.25, 0.3) is 0 Å². The van der Waals surface area contributed by atoms with Crippen LogP contribution in [0.2, 0.25) is 0 Å². The summed E-state index contributed by atoms with van der Waals surface area (Å²) in [6.45, 7) is 1.77. The molecule has 158 valence electrons. The van der Waals surface area contributed by atoms with Crippen molar-refractivity contribution in [3.05, 3.63) is 93.5 Å². The molecule has 0 unspecified atom stereocenters. The number of anilines is 1. The fourth-order valence-electron chi connectivity index (χ4n) is 3.84. The van der Waals surface area contributed by atoms with Gasteiger partial charge in [0, 0.05) is 34.4 Å². The van der Waals surface area contributed by atoms with Gasteiger partial charge in [0.15, 0.2) is 0 Å². The second-order valence-corrected chi connectivity index (χ2v) is 8.35. The Bertz CT molecular complexity index is 1110. The Kier molecular flexibility index (Phi) is 6.67. The lowest BCUT2D eigenvalue weighted by atomic mass is 10.0. The molecule has 31 heavy (non-hydrogen) atoms. The predicted molar refractivity (Wildman–Crippen MR) is 128 cm³/mol. The molecule has 4 rings (SSSR count). The molecule has 3 aromatic rings. The van der Waals surface area contributed by atoms with Crippen molar-refractivity contribution in [2.75, 3.05) is 18.6 Å². The number of hydrogen-bond acceptors (Lipinski definition) is 4. The second kappa shape index (κ2) is 9.79. The number of halogens is 1. The molecule has 3 aromatic carbocycles. The minimum absolute atomic E-state index is 0.254. The van der Waals surface area contributed by atoms with Crippen LogP contribution in [0.15, 0.2) is 76.3 Å². The van der Waals surface area contributed by atoms with Gasteiger partial charge in [0.05, 0.1) is 13.3 Å². The van der Waals surface area contributed by atoms with Crippen LogP contribution in [0.3, 0.4) is 0 Å². The third-order valence-electron chi connectivity index (χ3n) is 5.34. The predicted octanol–water partition coefficient (Wildman–Crippen LogP) is 5.17. The third-order valence-corrected chi connectivity index (χ3v) is 5.83. The Hall–Kier alpha value is -3.12. The Labute approximate surface area is 190 Å². The number of para-hydroxylation sites is 1. The molecule has 5 nitrogen and oxygen atoms in total. The zero-order chi connectivity index (χ0) is 21.6. The van der Waals surface area contributed by atoms with Crippen LogP contribution in [0.4, 0.5) is 5.69 Å². The van der Waals surface area contributed by atoms with E-state index in [0.29, 0.717) is 5.56 Å². The van der Waals surface area contributed by atoms with Gasteiger partial charge in [-0.3, -0.25) is 4.79 Å². The average Bonchev–Trinajstić information content (AvgIpc) is 2.79. The van der Waals surface area contributed by atoms with E-state index in [1.807, 2.05) is 24.3 Å². The molecule has 1 aliphatic heterocycles. The molecule has 0 aromatic heterocycles. The van der Waals surface area contributed by atoms with Gasteiger partial charge < -0.3 is 9.64 Å². The van der Waals surface area contributed by atoms with Gasteiger partial charge in [-0.05, 0) is 66.4 Å². The van der Waals surface area contributed by atoms with Crippen LogP contribution in [0, 0.1) is 0 Å². The van der Waals surface area contributed by atoms with Crippen molar-refractivity contribution in [1.29, 1.82) is 0 Å². The van der Waals surface area contributed by atoms with Gasteiger partial charge in [0.1, 0.15) is 5.75 Å². The van der Waals surface area contributed by atoms with Crippen LogP contribution in [-0.4, -0.2) is 25.8 Å². The average molecular weight is 478 g/mol. The number of nitrogens with zero attached hydrogens (tertiary/aromatic N) is 2. The van der Waals surface area contributed by atoms with E-state index in [1.165, 1.54) is 11.3 Å². The lowest BCUT2D eigenvalue weighted by Crippen LogP contribution is -2.29. The van der Waals surface area contributed by atoms with Crippen molar-refractivity contribution in [2.24, 2.45) is 5.10 Å². The maximum atomic E-state index is 12.3. The zero-order valence-corrected chi connectivity index (χ0v) is 18.9. The number of fused-ring (bicyclic) bond motifs is 1. The number of hydrogen-bond donors (Lipinski definition) is 1. The maximum absolute atomic E-state index is 12.3. The molecule has 0 saturated carbocycles. The number of aryl methyl sites for hydroxylation is 1. The molecular weight excluding hydrogens is 454 g/mol. The fraction of sp³-hybridized carbons (Fsp3) is 0.200. The molecule has 0 fully saturated rings. The molecule has 0 bridgehead atoms. The quantitative estimate of drug-likeness (QED) is 0.393. The first-order valence-electron chi connectivity index (χ1n) is 10.2. The molecule has 0 aliphatic carbocycles. The van der Waals surface area contributed by atoms with E-state index >= 15 is 0 Å². The number of carbonyl (C=O) groups is 1. The van der Waals surface area contributed by atoms with E-state index < -0.39 is 0 Å². The van der Waals surface area contributed by atoms with Crippen LogP contribution in [-0.2, 0) is 13.0 Å². The van der Waals surface area contributed by atoms with Gasteiger partial charge in [-0.15, -0.1) is 0 Å². The summed E-state index contributed by atoms with van der Waals surface area (Å²) in [5, 5.41) is 4.13. The van der Waals surface area contributed by atoms with E-state index in [4.69, 9.17) is 4.74 Å². The number of amides is 1. The number of benzene rings is 3. The summed E-state index contributed by atoms with van der Waals surface area (Å²) >= 11 is 3.37. The van der Waals surface area contributed by atoms with Gasteiger partial charge >= 0.3 is 0 Å². The van der Waals surface area contributed by atoms with Crippen LogP contribution < -0.4 is 15.1 Å². The van der Waals surface area contributed by atoms with Gasteiger partial charge in [-0.1, -0.05) is 40.2 Å². The third kappa shape index (κ3) is 5.14. The Morgan fingerprint density at radius 2 is 2.03 bits per heavy atom. The lowest BCUT2D eigenvalue weighted by molar-refractivity contribution is 0.0955. The lowest BCUT2D eigenvalue weighted by Gasteiger charge is -2.31. The Balaban J connectivity index is 1.49. The summed E-state index contributed by atoms with van der Waals surface area (Å²) in [6, 6.07) is 21.7. The second-order valence-electron chi connectivity index (χ2n) is 7.43. The first-order valence-corrected chi connectivity index (χ1v) is 11.0. The van der Waals surface area contributed by atoms with Crippen molar-refractivity contribution in [3.63, 3.8) is 0 Å². The van der Waals surface area contributed by atoms with Crippen molar-refractivity contribution in [3.8, 4) is 5.75 Å². The number of methoxy groups -OCH3 is 1. The van der Waals surface area contributed by atoms with Crippen LogP contribution in [0.5, 0.6) is 5.75 Å². The normalized spacial score (nSPS) is 13.2. The largest absolute Gasteiger partial charge is 0.496 e. The molecule has 1 N–H and O–H groups in total. The molecule has 6 heteroatoms. The minimum Gasteiger partial charge on any atom is -0.496 e. The summed E-state index contributed by atoms with van der Waals surface area (Å²) in [6.07, 6.45) is 3.92. The molecule has 1 heterocycles. The van der Waals surface area contributed by atoms with Gasteiger partial charge in [-0.25, -0.2) is 5.43 Å². The summed E-state index contributed by atoms with van der Waals surface area (Å²) < 4.78 is 6.45. The molecular formula is C25H24BrN3O2. The Morgan fingerprint density at radius 1 is 1.16 bits per heavy atom. The summed E-state index contributed by atoms with van der Waals surface area (Å²) in [5.74, 6) is 0.592. The topological polar surface area (TPSA) is 53.9 Å². The molecule has 0 spiro atoms. The number of carbonyl (C=O) groups excluding carboxylic acids is 1. The molecule has 0 saturated heterocycles. The maximum Gasteiger partial charge on any atom is 0.271 e. The molecule has 0 atom stereocenters. The summed E-state index contributed by atoms with van der Waals surface area (Å²) in [5.41, 5.74) is 7.79. The number of ether oxygens (including phenoxy) is 1. The minimum atomic E-state index is -0.254. The number of nitrogens with one attached hydrogen (secondary N) is 1. The van der Waals surface area contributed by atoms with Crippen molar-refractivity contribution in [2.45, 2.75) is 19.4 Å². The highest BCUT2D eigenvalue weighted by atomic mass is 79.9. The van der Waals surface area contributed by atoms with Gasteiger partial charge in [0.2, 0.25) is 0 Å². The number of hydrazone groups is 1. The van der Waals surface area contributed by atoms with Crippen molar-refractivity contribution >= 4 is 33.7 Å². The van der Waals surface area contributed by atoms with E-state index in [9.17, 15) is 4.79 Å². The highest BCUT2D eigenvalue weighted by molar-refractivity contribution is 9.10. The Morgan fingerprint density at radius 3 is 2.87 bits per heavy atom. The monoisotopic (exact) mass is 477 g/mol. The fourth-order valence-corrected chi connectivity index (χ4v) is 4.24. The first kappa shape index (κ1) is 21.1. The van der Waals surface area contributed by atoms with E-state index in [2.05, 4.69) is 61.7 Å². The van der Waals surface area contributed by atoms with Crippen LogP contribution >= 0.6 is 15.9 Å². The summed E-state index contributed by atoms with van der Waals surface area (Å²) in [4.78, 5) is 14.7. The first-order chi connectivity index (χ1) is 15.1. The molecule has 0 radical (unpaired) electrons. The van der Waals surface area contributed by atoms with Crippen molar-refractivity contribution < 1.29 is 9.53 Å². The molecule has 1 aliphatic rings. The highest BCUT2D eigenvalue weighted by Crippen LogP contribution is 2.30. The molecule has 1 amide bonds. The number of rotatable bonds is 6. The van der Waals surface area contributed by atoms with Gasteiger partial charge in [0.25, 0.3) is 5.91 Å². The van der Waals surface area contributed by atoms with Crippen LogP contribution in [0.1, 0.15) is 33.5 Å². The van der Waals surface area contributed by atoms with Gasteiger partial charge in [-0.2, -0.15) is 5.10 Å².